The molecule has 6 nitrogen and oxygen atoms in total. The smallest absolute Gasteiger partial charge is 0.260 e. The van der Waals surface area contributed by atoms with Crippen molar-refractivity contribution in [1.29, 1.82) is 0 Å². The molecule has 2 aromatic rings. The first-order valence-corrected chi connectivity index (χ1v) is 9.34. The van der Waals surface area contributed by atoms with Crippen molar-refractivity contribution >= 4 is 28.2 Å². The zero-order chi connectivity index (χ0) is 18.7. The number of rotatable bonds is 5. The molecule has 138 valence electrons. The Kier molecular flexibility index (Phi) is 5.46. The highest BCUT2D eigenvalue weighted by Gasteiger charge is 2.25. The number of nitrogens with one attached hydrogen (secondary N) is 1. The predicted molar refractivity (Wildman–Crippen MR) is 102 cm³/mol. The van der Waals surface area contributed by atoms with Gasteiger partial charge in [-0.2, -0.15) is 0 Å². The Morgan fingerprint density at radius 3 is 2.58 bits per heavy atom. The summed E-state index contributed by atoms with van der Waals surface area (Å²) in [6.07, 6.45) is 5.01. The van der Waals surface area contributed by atoms with Crippen LogP contribution >= 0.6 is 11.3 Å². The topological polar surface area (TPSA) is 90.6 Å². The summed E-state index contributed by atoms with van der Waals surface area (Å²) in [5, 5.41) is 3.38. The Balaban J connectivity index is 1.94. The van der Waals surface area contributed by atoms with E-state index in [1.165, 1.54) is 18.4 Å². The van der Waals surface area contributed by atoms with Crippen LogP contribution in [0.5, 0.6) is 11.5 Å². The highest BCUT2D eigenvalue weighted by atomic mass is 32.1. The standard InChI is InChI=1S/C19H22N2O4S/c1-24-11-8-9-12(14(10-11)25-2)18(23)21-19-16(17(20)22)13-6-4-3-5-7-15(13)26-19/h8-10H,3-7H2,1-2H3,(H2,20,22)(H,21,23). The lowest BCUT2D eigenvalue weighted by atomic mass is 10.1. The number of ether oxygens (including phenoxy) is 2. The molecule has 3 N–H and O–H groups in total. The Bertz CT molecular complexity index is 844. The quantitative estimate of drug-likeness (QED) is 0.785. The molecule has 0 spiro atoms. The first-order valence-electron chi connectivity index (χ1n) is 8.53. The van der Waals surface area contributed by atoms with Gasteiger partial charge in [0, 0.05) is 10.9 Å². The van der Waals surface area contributed by atoms with E-state index in [0.29, 0.717) is 27.6 Å². The molecule has 0 saturated carbocycles. The molecule has 2 amide bonds. The van der Waals surface area contributed by atoms with E-state index in [9.17, 15) is 9.59 Å². The largest absolute Gasteiger partial charge is 0.497 e. The summed E-state index contributed by atoms with van der Waals surface area (Å²) in [7, 11) is 3.04. The van der Waals surface area contributed by atoms with E-state index in [1.54, 1.807) is 25.3 Å². The van der Waals surface area contributed by atoms with E-state index in [2.05, 4.69) is 5.32 Å². The van der Waals surface area contributed by atoms with Crippen LogP contribution in [-0.4, -0.2) is 26.0 Å². The van der Waals surface area contributed by atoms with Gasteiger partial charge in [-0.3, -0.25) is 9.59 Å². The number of hydrogen-bond acceptors (Lipinski definition) is 5. The molecule has 1 aliphatic carbocycles. The lowest BCUT2D eigenvalue weighted by Crippen LogP contribution is -2.18. The molecule has 0 aliphatic heterocycles. The van der Waals surface area contributed by atoms with Gasteiger partial charge in [0.25, 0.3) is 11.8 Å². The molecule has 26 heavy (non-hydrogen) atoms. The summed E-state index contributed by atoms with van der Waals surface area (Å²) >= 11 is 1.45. The van der Waals surface area contributed by atoms with E-state index in [1.807, 2.05) is 0 Å². The summed E-state index contributed by atoms with van der Waals surface area (Å²) in [5.41, 5.74) is 7.43. The second-order valence-corrected chi connectivity index (χ2v) is 7.26. The molecule has 7 heteroatoms. The third kappa shape index (κ3) is 3.53. The van der Waals surface area contributed by atoms with Crippen LogP contribution < -0.4 is 20.5 Å². The SMILES string of the molecule is COc1ccc(C(=O)Nc2sc3c(c2C(N)=O)CCCCC3)c(OC)c1. The van der Waals surface area contributed by atoms with Crippen molar-refractivity contribution in [3.8, 4) is 11.5 Å². The van der Waals surface area contributed by atoms with Crippen LogP contribution in [0.15, 0.2) is 18.2 Å². The molecular weight excluding hydrogens is 352 g/mol. The van der Waals surface area contributed by atoms with Crippen LogP contribution in [0.25, 0.3) is 0 Å². The van der Waals surface area contributed by atoms with Gasteiger partial charge in [-0.15, -0.1) is 11.3 Å². The van der Waals surface area contributed by atoms with Gasteiger partial charge in [0.2, 0.25) is 0 Å². The van der Waals surface area contributed by atoms with Crippen molar-refractivity contribution in [3.05, 3.63) is 39.8 Å². The van der Waals surface area contributed by atoms with E-state index in [0.717, 1.165) is 42.5 Å². The van der Waals surface area contributed by atoms with Crippen LogP contribution in [0.3, 0.4) is 0 Å². The normalized spacial score (nSPS) is 13.5. The number of primary amides is 1. The number of amides is 2. The highest BCUT2D eigenvalue weighted by molar-refractivity contribution is 7.17. The molecule has 1 aromatic heterocycles. The van der Waals surface area contributed by atoms with Crippen LogP contribution in [0, 0.1) is 0 Å². The molecular formula is C19H22N2O4S. The number of carbonyl (C=O) groups excluding carboxylic acids is 2. The fourth-order valence-corrected chi connectivity index (χ4v) is 4.54. The Hall–Kier alpha value is -2.54. The summed E-state index contributed by atoms with van der Waals surface area (Å²) < 4.78 is 10.4. The van der Waals surface area contributed by atoms with Crippen LogP contribution in [0.4, 0.5) is 5.00 Å². The third-order valence-corrected chi connectivity index (χ3v) is 5.76. The molecule has 3 rings (SSSR count). The molecule has 0 atom stereocenters. The number of carbonyl (C=O) groups is 2. The molecule has 0 fully saturated rings. The van der Waals surface area contributed by atoms with Gasteiger partial charge in [0.05, 0.1) is 25.3 Å². The number of aryl methyl sites for hydroxylation is 1. The number of hydrogen-bond donors (Lipinski definition) is 2. The zero-order valence-corrected chi connectivity index (χ0v) is 15.7. The van der Waals surface area contributed by atoms with Crippen molar-refractivity contribution in [2.75, 3.05) is 19.5 Å². The molecule has 1 aromatic carbocycles. The molecule has 1 heterocycles. The second-order valence-electron chi connectivity index (χ2n) is 6.15. The average Bonchev–Trinajstić information content (AvgIpc) is 2.81. The van der Waals surface area contributed by atoms with Gasteiger partial charge in [0.1, 0.15) is 16.5 Å². The fraction of sp³-hybridized carbons (Fsp3) is 0.368. The summed E-state index contributed by atoms with van der Waals surface area (Å²) in [6, 6.07) is 4.97. The van der Waals surface area contributed by atoms with Gasteiger partial charge in [0.15, 0.2) is 0 Å². The van der Waals surface area contributed by atoms with Crippen LogP contribution in [0.1, 0.15) is 50.4 Å². The minimum Gasteiger partial charge on any atom is -0.497 e. The van der Waals surface area contributed by atoms with Gasteiger partial charge < -0.3 is 20.5 Å². The van der Waals surface area contributed by atoms with Crippen molar-refractivity contribution in [3.63, 3.8) is 0 Å². The number of benzene rings is 1. The summed E-state index contributed by atoms with van der Waals surface area (Å²) in [6.45, 7) is 0. The number of thiophene rings is 1. The van der Waals surface area contributed by atoms with Crippen molar-refractivity contribution in [1.82, 2.24) is 0 Å². The van der Waals surface area contributed by atoms with Crippen LogP contribution in [0.2, 0.25) is 0 Å². The van der Waals surface area contributed by atoms with E-state index >= 15 is 0 Å². The van der Waals surface area contributed by atoms with Gasteiger partial charge in [-0.25, -0.2) is 0 Å². The maximum absolute atomic E-state index is 12.8. The summed E-state index contributed by atoms with van der Waals surface area (Å²) in [5.74, 6) is 0.157. The Morgan fingerprint density at radius 2 is 1.88 bits per heavy atom. The van der Waals surface area contributed by atoms with Crippen LogP contribution in [-0.2, 0) is 12.8 Å². The highest BCUT2D eigenvalue weighted by Crippen LogP contribution is 2.38. The average molecular weight is 374 g/mol. The summed E-state index contributed by atoms with van der Waals surface area (Å²) in [4.78, 5) is 25.9. The number of nitrogens with two attached hydrogens (primary N) is 1. The van der Waals surface area contributed by atoms with Gasteiger partial charge >= 0.3 is 0 Å². The minimum atomic E-state index is -0.499. The fourth-order valence-electron chi connectivity index (χ4n) is 3.25. The Labute approximate surface area is 156 Å². The van der Waals surface area contributed by atoms with Crippen molar-refractivity contribution < 1.29 is 19.1 Å². The number of fused-ring (bicyclic) bond motifs is 1. The number of anilines is 1. The molecule has 0 radical (unpaired) electrons. The van der Waals surface area contributed by atoms with Gasteiger partial charge in [-0.05, 0) is 43.4 Å². The predicted octanol–water partition coefficient (Wildman–Crippen LogP) is 3.39. The minimum absolute atomic E-state index is 0.344. The third-order valence-electron chi connectivity index (χ3n) is 4.55. The first kappa shape index (κ1) is 18.3. The first-order chi connectivity index (χ1) is 12.5. The molecule has 0 unspecified atom stereocenters. The monoisotopic (exact) mass is 374 g/mol. The van der Waals surface area contributed by atoms with E-state index < -0.39 is 5.91 Å². The Morgan fingerprint density at radius 1 is 1.12 bits per heavy atom. The van der Waals surface area contributed by atoms with Gasteiger partial charge in [-0.1, -0.05) is 6.42 Å². The zero-order valence-electron chi connectivity index (χ0n) is 14.9. The maximum Gasteiger partial charge on any atom is 0.260 e. The lowest BCUT2D eigenvalue weighted by molar-refractivity contribution is 0.100. The van der Waals surface area contributed by atoms with Crippen molar-refractivity contribution in [2.45, 2.75) is 32.1 Å². The molecule has 1 aliphatic rings. The second kappa shape index (κ2) is 7.78. The number of methoxy groups -OCH3 is 2. The maximum atomic E-state index is 12.8. The lowest BCUT2D eigenvalue weighted by Gasteiger charge is -2.11. The van der Waals surface area contributed by atoms with E-state index in [4.69, 9.17) is 15.2 Å². The molecule has 0 bridgehead atoms. The molecule has 0 saturated heterocycles. The van der Waals surface area contributed by atoms with Crippen molar-refractivity contribution in [2.24, 2.45) is 5.73 Å². The van der Waals surface area contributed by atoms with E-state index in [-0.39, 0.29) is 5.91 Å².